The van der Waals surface area contributed by atoms with Gasteiger partial charge in [0, 0.05) is 41.4 Å². The molecule has 1 aliphatic rings. The number of nitro groups is 1. The SMILES string of the molecule is CSc1ccc(S(=O)(=O)N(CC(=O)N/N=C\c2cc([N+](=O)[O-])ccc2N2CCOCC2)c2ccc(C)cc2)cc1. The van der Waals surface area contributed by atoms with E-state index in [2.05, 4.69) is 10.5 Å². The fourth-order valence-corrected chi connectivity index (χ4v) is 5.92. The summed E-state index contributed by atoms with van der Waals surface area (Å²) in [6.07, 6.45) is 3.21. The van der Waals surface area contributed by atoms with Crippen LogP contribution in [0.2, 0.25) is 0 Å². The Hall–Kier alpha value is -3.94. The Morgan fingerprint density at radius 3 is 2.42 bits per heavy atom. The van der Waals surface area contributed by atoms with E-state index in [1.54, 1.807) is 42.5 Å². The van der Waals surface area contributed by atoms with Gasteiger partial charge in [0.2, 0.25) is 0 Å². The number of thioether (sulfide) groups is 1. The van der Waals surface area contributed by atoms with Crippen LogP contribution in [0.3, 0.4) is 0 Å². The maximum Gasteiger partial charge on any atom is 0.270 e. The van der Waals surface area contributed by atoms with Crippen LogP contribution in [0.5, 0.6) is 0 Å². The van der Waals surface area contributed by atoms with Crippen molar-refractivity contribution in [2.45, 2.75) is 16.7 Å². The number of anilines is 2. The largest absolute Gasteiger partial charge is 0.378 e. The molecule has 1 heterocycles. The van der Waals surface area contributed by atoms with Crippen LogP contribution >= 0.6 is 11.8 Å². The third kappa shape index (κ3) is 6.97. The Bertz CT molecular complexity index is 1490. The molecule has 40 heavy (non-hydrogen) atoms. The summed E-state index contributed by atoms with van der Waals surface area (Å²) in [4.78, 5) is 26.8. The van der Waals surface area contributed by atoms with Crippen molar-refractivity contribution in [1.29, 1.82) is 0 Å². The van der Waals surface area contributed by atoms with Crippen LogP contribution in [0, 0.1) is 17.0 Å². The van der Waals surface area contributed by atoms with Gasteiger partial charge in [-0.15, -0.1) is 11.8 Å². The second-order valence-corrected chi connectivity index (χ2v) is 11.7. The number of aryl methyl sites for hydroxylation is 1. The number of benzene rings is 3. The van der Waals surface area contributed by atoms with Gasteiger partial charge in [0.1, 0.15) is 6.54 Å². The van der Waals surface area contributed by atoms with Crippen LogP contribution in [-0.4, -0.2) is 64.6 Å². The number of carbonyl (C=O) groups excluding carboxylic acids is 1. The predicted molar refractivity (Wildman–Crippen MR) is 156 cm³/mol. The summed E-state index contributed by atoms with van der Waals surface area (Å²) in [5.41, 5.74) is 4.67. The molecule has 0 atom stereocenters. The lowest BCUT2D eigenvalue weighted by Gasteiger charge is -2.29. The van der Waals surface area contributed by atoms with Gasteiger partial charge in [0.15, 0.2) is 0 Å². The molecule has 0 saturated carbocycles. The fraction of sp³-hybridized carbons (Fsp3) is 0.259. The van der Waals surface area contributed by atoms with E-state index in [1.807, 2.05) is 18.1 Å². The highest BCUT2D eigenvalue weighted by Gasteiger charge is 2.27. The number of nitro benzene ring substituents is 1. The molecule has 0 aromatic heterocycles. The van der Waals surface area contributed by atoms with Gasteiger partial charge >= 0.3 is 0 Å². The molecule has 13 heteroatoms. The summed E-state index contributed by atoms with van der Waals surface area (Å²) in [6, 6.07) is 17.7. The summed E-state index contributed by atoms with van der Waals surface area (Å²) >= 11 is 1.49. The Kier molecular flexibility index (Phi) is 9.40. The van der Waals surface area contributed by atoms with E-state index < -0.39 is 27.4 Å². The lowest BCUT2D eigenvalue weighted by atomic mass is 10.1. The maximum absolute atomic E-state index is 13.6. The van der Waals surface area contributed by atoms with E-state index in [-0.39, 0.29) is 10.6 Å². The Balaban J connectivity index is 1.57. The topological polar surface area (TPSA) is 134 Å². The highest BCUT2D eigenvalue weighted by atomic mass is 32.2. The molecule has 210 valence electrons. The summed E-state index contributed by atoms with van der Waals surface area (Å²) in [5.74, 6) is -0.681. The first-order valence-electron chi connectivity index (χ1n) is 12.4. The zero-order chi connectivity index (χ0) is 28.7. The number of ether oxygens (including phenoxy) is 1. The van der Waals surface area contributed by atoms with E-state index >= 15 is 0 Å². The highest BCUT2D eigenvalue weighted by Crippen LogP contribution is 2.27. The van der Waals surface area contributed by atoms with E-state index in [0.717, 1.165) is 14.8 Å². The minimum absolute atomic E-state index is 0.0499. The first-order chi connectivity index (χ1) is 19.2. The van der Waals surface area contributed by atoms with Crippen LogP contribution < -0.4 is 14.6 Å². The second-order valence-electron chi connectivity index (χ2n) is 8.92. The normalized spacial score (nSPS) is 13.8. The summed E-state index contributed by atoms with van der Waals surface area (Å²) in [5, 5.41) is 15.3. The van der Waals surface area contributed by atoms with Gasteiger partial charge in [-0.1, -0.05) is 17.7 Å². The number of morpholine rings is 1. The van der Waals surface area contributed by atoms with Crippen LogP contribution in [0.1, 0.15) is 11.1 Å². The molecule has 0 unspecified atom stereocenters. The predicted octanol–water partition coefficient (Wildman–Crippen LogP) is 3.81. The average molecular weight is 584 g/mol. The summed E-state index contributed by atoms with van der Waals surface area (Å²) in [7, 11) is -4.08. The van der Waals surface area contributed by atoms with Crippen molar-refractivity contribution in [2.24, 2.45) is 5.10 Å². The van der Waals surface area contributed by atoms with Crippen LogP contribution in [0.15, 0.2) is 81.6 Å². The highest BCUT2D eigenvalue weighted by molar-refractivity contribution is 7.98. The van der Waals surface area contributed by atoms with Crippen LogP contribution in [-0.2, 0) is 19.6 Å². The number of hydrogen-bond acceptors (Lipinski definition) is 9. The van der Waals surface area contributed by atoms with Gasteiger partial charge in [-0.05, 0) is 55.6 Å². The van der Waals surface area contributed by atoms with Gasteiger partial charge in [-0.25, -0.2) is 13.8 Å². The van der Waals surface area contributed by atoms with Crippen molar-refractivity contribution in [3.05, 3.63) is 88.0 Å². The standard InChI is InChI=1S/C27H29N5O6S2/c1-20-3-5-22(6-4-20)31(40(36,37)25-10-8-24(39-2)9-11-25)19-27(33)29-28-18-21-17-23(32(34)35)7-12-26(21)30-13-15-38-16-14-30/h3-12,17-18H,13-16,19H2,1-2H3,(H,29,33)/b28-18-. The average Bonchev–Trinajstić information content (AvgIpc) is 2.97. The number of carbonyl (C=O) groups is 1. The zero-order valence-electron chi connectivity index (χ0n) is 22.0. The molecule has 1 fully saturated rings. The van der Waals surface area contributed by atoms with Gasteiger partial charge in [-0.2, -0.15) is 5.10 Å². The Morgan fingerprint density at radius 1 is 1.12 bits per heavy atom. The van der Waals surface area contributed by atoms with Crippen molar-refractivity contribution in [1.82, 2.24) is 5.43 Å². The molecule has 3 aromatic carbocycles. The van der Waals surface area contributed by atoms with Crippen molar-refractivity contribution >= 4 is 51.0 Å². The van der Waals surface area contributed by atoms with E-state index in [1.165, 1.54) is 42.2 Å². The maximum atomic E-state index is 13.6. The van der Waals surface area contributed by atoms with Gasteiger partial charge in [-0.3, -0.25) is 19.2 Å². The molecule has 4 rings (SSSR count). The van der Waals surface area contributed by atoms with Crippen molar-refractivity contribution in [3.8, 4) is 0 Å². The lowest BCUT2D eigenvalue weighted by molar-refractivity contribution is -0.384. The molecule has 3 aromatic rings. The number of amides is 1. The minimum Gasteiger partial charge on any atom is -0.378 e. The zero-order valence-corrected chi connectivity index (χ0v) is 23.7. The summed E-state index contributed by atoms with van der Waals surface area (Å²) in [6.45, 7) is 3.60. The van der Waals surface area contributed by atoms with Gasteiger partial charge in [0.05, 0.1) is 34.9 Å². The van der Waals surface area contributed by atoms with Crippen LogP contribution in [0.4, 0.5) is 17.1 Å². The first kappa shape index (κ1) is 29.1. The van der Waals surface area contributed by atoms with E-state index in [9.17, 15) is 23.3 Å². The number of sulfonamides is 1. The van der Waals surface area contributed by atoms with Gasteiger partial charge in [0.25, 0.3) is 21.6 Å². The molecule has 0 radical (unpaired) electrons. The van der Waals surface area contributed by atoms with Crippen molar-refractivity contribution in [3.63, 3.8) is 0 Å². The Morgan fingerprint density at radius 2 is 1.80 bits per heavy atom. The quantitative estimate of drug-likeness (QED) is 0.165. The molecule has 1 N–H and O–H groups in total. The molecule has 0 bridgehead atoms. The smallest absolute Gasteiger partial charge is 0.270 e. The molecule has 1 amide bonds. The summed E-state index contributed by atoms with van der Waals surface area (Å²) < 4.78 is 33.6. The molecule has 0 aliphatic carbocycles. The second kappa shape index (κ2) is 12.9. The molecule has 1 saturated heterocycles. The molecular formula is C27H29N5O6S2. The lowest BCUT2D eigenvalue weighted by Crippen LogP contribution is -2.39. The first-order valence-corrected chi connectivity index (χ1v) is 15.0. The molecular weight excluding hydrogens is 554 g/mol. The number of nitrogens with zero attached hydrogens (tertiary/aromatic N) is 4. The Labute approximate surface area is 237 Å². The number of hydrazone groups is 1. The van der Waals surface area contributed by atoms with Crippen molar-refractivity contribution < 1.29 is 22.9 Å². The third-order valence-corrected chi connectivity index (χ3v) is 8.75. The molecule has 1 aliphatic heterocycles. The number of nitrogens with one attached hydrogen (secondary N) is 1. The van der Waals surface area contributed by atoms with E-state index in [4.69, 9.17) is 4.74 Å². The minimum atomic E-state index is -4.08. The third-order valence-electron chi connectivity index (χ3n) is 6.22. The van der Waals surface area contributed by atoms with Gasteiger partial charge < -0.3 is 9.64 Å². The number of non-ortho nitro benzene ring substituents is 1. The number of hydrogen-bond donors (Lipinski definition) is 1. The van der Waals surface area contributed by atoms with Crippen molar-refractivity contribution in [2.75, 3.05) is 48.3 Å². The van der Waals surface area contributed by atoms with E-state index in [0.29, 0.717) is 43.2 Å². The monoisotopic (exact) mass is 583 g/mol. The molecule has 0 spiro atoms. The van der Waals surface area contributed by atoms with Crippen LogP contribution in [0.25, 0.3) is 0 Å². The molecule has 11 nitrogen and oxygen atoms in total. The number of rotatable bonds is 10. The fourth-order valence-electron chi connectivity index (χ4n) is 4.09.